The van der Waals surface area contributed by atoms with Gasteiger partial charge in [0.15, 0.2) is 5.60 Å². The Morgan fingerprint density at radius 1 is 1.16 bits per heavy atom. The van der Waals surface area contributed by atoms with Crippen molar-refractivity contribution in [3.8, 4) is 5.75 Å². The van der Waals surface area contributed by atoms with Crippen LogP contribution in [0.3, 0.4) is 0 Å². The highest BCUT2D eigenvalue weighted by Crippen LogP contribution is 2.50. The molecule has 1 unspecified atom stereocenters. The van der Waals surface area contributed by atoms with E-state index >= 15 is 0 Å². The Kier molecular flexibility index (Phi) is 1.89. The molecule has 0 spiro atoms. The molecule has 3 nitrogen and oxygen atoms in total. The summed E-state index contributed by atoms with van der Waals surface area (Å²) in [6, 6.07) is 13.3. The molecule has 0 aromatic heterocycles. The highest BCUT2D eigenvalue weighted by atomic mass is 16.5. The molecule has 19 heavy (non-hydrogen) atoms. The monoisotopic (exact) mass is 252 g/mol. The van der Waals surface area contributed by atoms with E-state index in [1.807, 2.05) is 18.2 Å². The summed E-state index contributed by atoms with van der Waals surface area (Å²) in [5, 5.41) is 8.96. The van der Waals surface area contributed by atoms with Gasteiger partial charge in [-0.3, -0.25) is 0 Å². The summed E-state index contributed by atoms with van der Waals surface area (Å²) in [6.07, 6.45) is 1.94. The number of hydrogen-bond donors (Lipinski definition) is 1. The van der Waals surface area contributed by atoms with Crippen molar-refractivity contribution in [1.29, 1.82) is 0 Å². The summed E-state index contributed by atoms with van der Waals surface area (Å²) < 4.78 is 6.12. The van der Waals surface area contributed by atoms with Gasteiger partial charge in [0.2, 0.25) is 0 Å². The second-order valence-electron chi connectivity index (χ2n) is 5.13. The van der Waals surface area contributed by atoms with Crippen LogP contribution in [0.4, 0.5) is 0 Å². The van der Waals surface area contributed by atoms with Gasteiger partial charge in [-0.05, 0) is 42.7 Å². The molecule has 3 heteroatoms. The summed E-state index contributed by atoms with van der Waals surface area (Å²) in [5.41, 5.74) is 3.54. The summed E-state index contributed by atoms with van der Waals surface area (Å²) in [6.45, 7) is 0. The molecule has 1 aliphatic carbocycles. The molecule has 0 saturated heterocycles. The molecule has 94 valence electrons. The molecular formula is C16H12O3. The number of fused-ring (bicyclic) bond motifs is 1. The van der Waals surface area contributed by atoms with Crippen LogP contribution in [0.5, 0.6) is 5.75 Å². The molecule has 4 bridgehead atoms. The number of rotatable bonds is 2. The molecule has 1 N–H and O–H groups in total. The SMILES string of the molecule is O=C(O)c1ccc(C23CCc4cc(ccc42)O3)cc1. The fourth-order valence-corrected chi connectivity index (χ4v) is 3.23. The molecule has 0 fully saturated rings. The Labute approximate surface area is 110 Å². The first-order valence-corrected chi connectivity index (χ1v) is 6.35. The van der Waals surface area contributed by atoms with E-state index in [4.69, 9.17) is 9.84 Å². The topological polar surface area (TPSA) is 46.5 Å². The summed E-state index contributed by atoms with van der Waals surface area (Å²) >= 11 is 0. The van der Waals surface area contributed by atoms with Gasteiger partial charge >= 0.3 is 5.97 Å². The van der Waals surface area contributed by atoms with Gasteiger partial charge in [-0.1, -0.05) is 18.2 Å². The minimum atomic E-state index is -0.899. The Hall–Kier alpha value is -2.29. The first kappa shape index (κ1) is 10.6. The van der Waals surface area contributed by atoms with Crippen LogP contribution in [-0.4, -0.2) is 11.1 Å². The molecule has 0 saturated carbocycles. The first-order valence-electron chi connectivity index (χ1n) is 6.35. The summed E-state index contributed by atoms with van der Waals surface area (Å²) in [7, 11) is 0. The van der Waals surface area contributed by atoms with Crippen molar-refractivity contribution in [3.63, 3.8) is 0 Å². The molecule has 3 aliphatic rings. The van der Waals surface area contributed by atoms with Crippen molar-refractivity contribution in [3.05, 3.63) is 64.7 Å². The molecule has 2 aromatic carbocycles. The average molecular weight is 252 g/mol. The highest BCUT2D eigenvalue weighted by Gasteiger charge is 2.45. The first-order chi connectivity index (χ1) is 9.19. The van der Waals surface area contributed by atoms with Crippen LogP contribution in [0.2, 0.25) is 0 Å². The third-order valence-electron chi connectivity index (χ3n) is 4.15. The van der Waals surface area contributed by atoms with Crippen molar-refractivity contribution in [2.45, 2.75) is 18.4 Å². The molecule has 0 amide bonds. The predicted octanol–water partition coefficient (Wildman–Crippen LogP) is 2.97. The van der Waals surface area contributed by atoms with Crippen molar-refractivity contribution in [2.24, 2.45) is 0 Å². The van der Waals surface area contributed by atoms with Crippen LogP contribution in [0.1, 0.15) is 33.5 Å². The summed E-state index contributed by atoms with van der Waals surface area (Å²) in [5.74, 6) is 0.00822. The van der Waals surface area contributed by atoms with Gasteiger partial charge in [-0.2, -0.15) is 0 Å². The van der Waals surface area contributed by atoms with Crippen molar-refractivity contribution >= 4 is 5.97 Å². The molecule has 5 rings (SSSR count). The fourth-order valence-electron chi connectivity index (χ4n) is 3.23. The Bertz CT molecular complexity index is 688. The van der Waals surface area contributed by atoms with Crippen LogP contribution in [-0.2, 0) is 12.0 Å². The maximum absolute atomic E-state index is 10.9. The average Bonchev–Trinajstić information content (AvgIpc) is 2.72. The normalized spacial score (nSPS) is 22.3. The van der Waals surface area contributed by atoms with Gasteiger partial charge in [0, 0.05) is 11.1 Å². The van der Waals surface area contributed by atoms with Gasteiger partial charge < -0.3 is 9.84 Å². The lowest BCUT2D eigenvalue weighted by Crippen LogP contribution is -2.34. The van der Waals surface area contributed by atoms with Gasteiger partial charge in [0.1, 0.15) is 5.75 Å². The van der Waals surface area contributed by atoms with Gasteiger partial charge in [-0.15, -0.1) is 0 Å². The second-order valence-corrected chi connectivity index (χ2v) is 5.13. The zero-order chi connectivity index (χ0) is 13.0. The molecule has 0 radical (unpaired) electrons. The van der Waals surface area contributed by atoms with Gasteiger partial charge in [0.05, 0.1) is 5.56 Å². The number of aryl methyl sites for hydroxylation is 1. The largest absolute Gasteiger partial charge is 0.478 e. The smallest absolute Gasteiger partial charge is 0.335 e. The van der Waals surface area contributed by atoms with Crippen molar-refractivity contribution < 1.29 is 14.6 Å². The van der Waals surface area contributed by atoms with E-state index in [1.54, 1.807) is 12.1 Å². The van der Waals surface area contributed by atoms with Crippen LogP contribution < -0.4 is 4.74 Å². The van der Waals surface area contributed by atoms with Crippen molar-refractivity contribution in [1.82, 2.24) is 0 Å². The number of carboxylic acid groups (broad SMARTS) is 1. The molecule has 2 heterocycles. The summed E-state index contributed by atoms with van der Waals surface area (Å²) in [4.78, 5) is 10.9. The minimum absolute atomic E-state index is 0.308. The maximum atomic E-state index is 10.9. The van der Waals surface area contributed by atoms with Gasteiger partial charge in [0.25, 0.3) is 0 Å². The van der Waals surface area contributed by atoms with Gasteiger partial charge in [-0.25, -0.2) is 4.79 Å². The number of hydrogen-bond acceptors (Lipinski definition) is 2. The maximum Gasteiger partial charge on any atom is 0.335 e. The Morgan fingerprint density at radius 3 is 2.63 bits per heavy atom. The van der Waals surface area contributed by atoms with Crippen LogP contribution in [0.15, 0.2) is 42.5 Å². The van der Waals surface area contributed by atoms with E-state index in [0.29, 0.717) is 5.56 Å². The molecule has 2 aliphatic heterocycles. The van der Waals surface area contributed by atoms with E-state index in [0.717, 1.165) is 24.2 Å². The zero-order valence-electron chi connectivity index (χ0n) is 10.2. The quantitative estimate of drug-likeness (QED) is 0.893. The number of benzene rings is 2. The van der Waals surface area contributed by atoms with E-state index in [2.05, 4.69) is 12.1 Å². The number of carboxylic acids is 1. The molecule has 2 aromatic rings. The van der Waals surface area contributed by atoms with E-state index in [1.165, 1.54) is 11.1 Å². The lowest BCUT2D eigenvalue weighted by atomic mass is 9.85. The van der Waals surface area contributed by atoms with Crippen LogP contribution in [0, 0.1) is 0 Å². The van der Waals surface area contributed by atoms with Crippen LogP contribution >= 0.6 is 0 Å². The zero-order valence-corrected chi connectivity index (χ0v) is 10.2. The second kappa shape index (κ2) is 3.38. The Balaban J connectivity index is 1.84. The van der Waals surface area contributed by atoms with E-state index in [9.17, 15) is 4.79 Å². The third-order valence-corrected chi connectivity index (χ3v) is 4.15. The standard InChI is InChI=1S/C16H12O3/c17-15(18)10-1-3-12(4-2-10)16-8-7-11-9-13(19-16)5-6-14(11)16/h1-6,9H,7-8H2,(H,17,18). The van der Waals surface area contributed by atoms with Crippen LogP contribution in [0.25, 0.3) is 0 Å². The van der Waals surface area contributed by atoms with E-state index in [-0.39, 0.29) is 5.60 Å². The molecule has 1 atom stereocenters. The fraction of sp³-hybridized carbons (Fsp3) is 0.188. The van der Waals surface area contributed by atoms with E-state index < -0.39 is 5.97 Å². The minimum Gasteiger partial charge on any atom is -0.478 e. The number of ether oxygens (including phenoxy) is 1. The number of aromatic carboxylic acids is 1. The number of carbonyl (C=O) groups is 1. The highest BCUT2D eigenvalue weighted by molar-refractivity contribution is 5.87. The van der Waals surface area contributed by atoms with Crippen molar-refractivity contribution in [2.75, 3.05) is 0 Å². The lowest BCUT2D eigenvalue weighted by molar-refractivity contribution is 0.0696. The third kappa shape index (κ3) is 1.30. The Morgan fingerprint density at radius 2 is 1.95 bits per heavy atom. The molecular weight excluding hydrogens is 240 g/mol. The lowest BCUT2D eigenvalue weighted by Gasteiger charge is -2.35. The predicted molar refractivity (Wildman–Crippen MR) is 69.6 cm³/mol.